The van der Waals surface area contributed by atoms with Crippen LogP contribution in [0.1, 0.15) is 18.1 Å². The zero-order chi connectivity index (χ0) is 13.1. The molecule has 92 valence electrons. The fraction of sp³-hybridized carbons (Fsp3) is 0.188. The fourth-order valence-electron chi connectivity index (χ4n) is 2.05. The smallest absolute Gasteiger partial charge is 0.228 e. The SMILES string of the molecule is CC(=O)N(c1ccccc1)c1cccc(C)c1C. The topological polar surface area (TPSA) is 20.3 Å². The zero-order valence-electron chi connectivity index (χ0n) is 11.0. The maximum Gasteiger partial charge on any atom is 0.228 e. The van der Waals surface area contributed by atoms with E-state index in [1.54, 1.807) is 11.8 Å². The lowest BCUT2D eigenvalue weighted by molar-refractivity contribution is -0.115. The van der Waals surface area contributed by atoms with Gasteiger partial charge in [-0.3, -0.25) is 9.69 Å². The second-order valence-corrected chi connectivity index (χ2v) is 4.41. The first-order valence-electron chi connectivity index (χ1n) is 6.03. The van der Waals surface area contributed by atoms with E-state index >= 15 is 0 Å². The minimum absolute atomic E-state index is 0.0231. The molecule has 0 aliphatic rings. The number of benzene rings is 2. The van der Waals surface area contributed by atoms with Gasteiger partial charge in [-0.1, -0.05) is 30.3 Å². The van der Waals surface area contributed by atoms with E-state index in [0.717, 1.165) is 16.9 Å². The first-order valence-corrected chi connectivity index (χ1v) is 6.03. The molecule has 18 heavy (non-hydrogen) atoms. The predicted octanol–water partition coefficient (Wildman–Crippen LogP) is 3.99. The molecular formula is C16H17NO. The van der Waals surface area contributed by atoms with Gasteiger partial charge in [-0.2, -0.15) is 0 Å². The zero-order valence-corrected chi connectivity index (χ0v) is 11.0. The molecular weight excluding hydrogens is 222 g/mol. The van der Waals surface area contributed by atoms with E-state index in [2.05, 4.69) is 13.0 Å². The molecule has 0 radical (unpaired) electrons. The molecule has 2 nitrogen and oxygen atoms in total. The third-order valence-electron chi connectivity index (χ3n) is 3.15. The quantitative estimate of drug-likeness (QED) is 0.776. The van der Waals surface area contributed by atoms with Crippen LogP contribution >= 0.6 is 0 Å². The molecule has 2 rings (SSSR count). The van der Waals surface area contributed by atoms with Crippen LogP contribution < -0.4 is 4.90 Å². The van der Waals surface area contributed by atoms with Crippen LogP contribution in [0.4, 0.5) is 11.4 Å². The number of carbonyl (C=O) groups is 1. The lowest BCUT2D eigenvalue weighted by atomic mass is 10.1. The fourth-order valence-corrected chi connectivity index (χ4v) is 2.05. The van der Waals surface area contributed by atoms with Crippen LogP contribution in [-0.4, -0.2) is 5.91 Å². The van der Waals surface area contributed by atoms with Gasteiger partial charge in [0.15, 0.2) is 0 Å². The number of amides is 1. The number of hydrogen-bond donors (Lipinski definition) is 0. The first kappa shape index (κ1) is 12.4. The van der Waals surface area contributed by atoms with E-state index in [1.165, 1.54) is 5.56 Å². The maximum atomic E-state index is 11.9. The van der Waals surface area contributed by atoms with Gasteiger partial charge >= 0.3 is 0 Å². The summed E-state index contributed by atoms with van der Waals surface area (Å²) in [7, 11) is 0. The van der Waals surface area contributed by atoms with Crippen LogP contribution in [0.25, 0.3) is 0 Å². The summed E-state index contributed by atoms with van der Waals surface area (Å²) >= 11 is 0. The number of para-hydroxylation sites is 1. The normalized spacial score (nSPS) is 10.2. The van der Waals surface area contributed by atoms with Gasteiger partial charge in [0.25, 0.3) is 0 Å². The molecule has 0 atom stereocenters. The molecule has 2 heteroatoms. The van der Waals surface area contributed by atoms with Crippen molar-refractivity contribution < 1.29 is 4.79 Å². The maximum absolute atomic E-state index is 11.9. The highest BCUT2D eigenvalue weighted by Gasteiger charge is 2.16. The van der Waals surface area contributed by atoms with Crippen LogP contribution in [0.15, 0.2) is 48.5 Å². The van der Waals surface area contributed by atoms with Crippen molar-refractivity contribution in [2.75, 3.05) is 4.90 Å². The lowest BCUT2D eigenvalue weighted by Crippen LogP contribution is -2.23. The Labute approximate surface area is 108 Å². The van der Waals surface area contributed by atoms with Crippen LogP contribution in [0, 0.1) is 13.8 Å². The van der Waals surface area contributed by atoms with E-state index in [0.29, 0.717) is 0 Å². The molecule has 0 aromatic heterocycles. The standard InChI is InChI=1S/C16H17NO/c1-12-8-7-11-16(13(12)2)17(14(3)18)15-9-5-4-6-10-15/h4-11H,1-3H3. The van der Waals surface area contributed by atoms with Gasteiger partial charge in [-0.25, -0.2) is 0 Å². The molecule has 0 N–H and O–H groups in total. The summed E-state index contributed by atoms with van der Waals surface area (Å²) in [5, 5.41) is 0. The van der Waals surface area contributed by atoms with Gasteiger partial charge in [0.2, 0.25) is 5.91 Å². The summed E-state index contributed by atoms with van der Waals surface area (Å²) in [4.78, 5) is 13.7. The second-order valence-electron chi connectivity index (χ2n) is 4.41. The molecule has 2 aromatic carbocycles. The third-order valence-corrected chi connectivity index (χ3v) is 3.15. The van der Waals surface area contributed by atoms with Crippen LogP contribution in [0.3, 0.4) is 0 Å². The van der Waals surface area contributed by atoms with Crippen LogP contribution in [-0.2, 0) is 4.79 Å². The average Bonchev–Trinajstić information content (AvgIpc) is 2.36. The van der Waals surface area contributed by atoms with Crippen molar-refractivity contribution in [1.29, 1.82) is 0 Å². The Morgan fingerprint density at radius 1 is 0.944 bits per heavy atom. The Morgan fingerprint density at radius 3 is 2.22 bits per heavy atom. The Morgan fingerprint density at radius 2 is 1.61 bits per heavy atom. The number of carbonyl (C=O) groups excluding carboxylic acids is 1. The van der Waals surface area contributed by atoms with Crippen molar-refractivity contribution >= 4 is 17.3 Å². The van der Waals surface area contributed by atoms with Crippen LogP contribution in [0.5, 0.6) is 0 Å². The molecule has 0 aliphatic carbocycles. The van der Waals surface area contributed by atoms with Gasteiger partial charge in [0.05, 0.1) is 5.69 Å². The van der Waals surface area contributed by atoms with E-state index in [4.69, 9.17) is 0 Å². The number of nitrogens with zero attached hydrogens (tertiary/aromatic N) is 1. The van der Waals surface area contributed by atoms with Crippen molar-refractivity contribution in [2.45, 2.75) is 20.8 Å². The number of rotatable bonds is 2. The molecule has 0 fully saturated rings. The molecule has 0 unspecified atom stereocenters. The van der Waals surface area contributed by atoms with E-state index in [9.17, 15) is 4.79 Å². The Bertz CT molecular complexity index is 561. The molecule has 2 aromatic rings. The summed E-state index contributed by atoms with van der Waals surface area (Å²) in [5.41, 5.74) is 4.18. The van der Waals surface area contributed by atoms with Gasteiger partial charge in [0, 0.05) is 12.6 Å². The minimum Gasteiger partial charge on any atom is -0.281 e. The van der Waals surface area contributed by atoms with Crippen molar-refractivity contribution in [1.82, 2.24) is 0 Å². The number of hydrogen-bond acceptors (Lipinski definition) is 1. The summed E-state index contributed by atoms with van der Waals surface area (Å²) in [6.07, 6.45) is 0. The third kappa shape index (κ3) is 2.28. The molecule has 0 spiro atoms. The first-order chi connectivity index (χ1) is 8.61. The highest BCUT2D eigenvalue weighted by molar-refractivity contribution is 5.99. The second kappa shape index (κ2) is 5.05. The van der Waals surface area contributed by atoms with E-state index in [-0.39, 0.29) is 5.91 Å². The Kier molecular flexibility index (Phi) is 3.47. The molecule has 0 aliphatic heterocycles. The van der Waals surface area contributed by atoms with Crippen molar-refractivity contribution in [3.63, 3.8) is 0 Å². The summed E-state index contributed by atoms with van der Waals surface area (Å²) < 4.78 is 0. The molecule has 0 heterocycles. The highest BCUT2D eigenvalue weighted by Crippen LogP contribution is 2.29. The van der Waals surface area contributed by atoms with Crippen molar-refractivity contribution in [2.24, 2.45) is 0 Å². The summed E-state index contributed by atoms with van der Waals surface area (Å²) in [5.74, 6) is 0.0231. The molecule has 1 amide bonds. The predicted molar refractivity (Wildman–Crippen MR) is 75.2 cm³/mol. The van der Waals surface area contributed by atoms with E-state index in [1.807, 2.05) is 49.4 Å². The monoisotopic (exact) mass is 239 g/mol. The molecule has 0 saturated carbocycles. The minimum atomic E-state index is 0.0231. The molecule has 0 saturated heterocycles. The van der Waals surface area contributed by atoms with Gasteiger partial charge in [-0.15, -0.1) is 0 Å². The molecule has 0 bridgehead atoms. The van der Waals surface area contributed by atoms with Crippen molar-refractivity contribution in [3.8, 4) is 0 Å². The summed E-state index contributed by atoms with van der Waals surface area (Å²) in [6, 6.07) is 15.7. The largest absolute Gasteiger partial charge is 0.281 e. The Hall–Kier alpha value is -2.09. The van der Waals surface area contributed by atoms with Gasteiger partial charge in [0.1, 0.15) is 0 Å². The lowest BCUT2D eigenvalue weighted by Gasteiger charge is -2.24. The number of anilines is 2. The number of aryl methyl sites for hydroxylation is 1. The highest BCUT2D eigenvalue weighted by atomic mass is 16.2. The van der Waals surface area contributed by atoms with Crippen molar-refractivity contribution in [3.05, 3.63) is 59.7 Å². The van der Waals surface area contributed by atoms with Gasteiger partial charge < -0.3 is 0 Å². The summed E-state index contributed by atoms with van der Waals surface area (Å²) in [6.45, 7) is 5.69. The average molecular weight is 239 g/mol. The van der Waals surface area contributed by atoms with Crippen LogP contribution in [0.2, 0.25) is 0 Å². The Balaban J connectivity index is 2.56. The van der Waals surface area contributed by atoms with E-state index < -0.39 is 0 Å². The van der Waals surface area contributed by atoms with Gasteiger partial charge in [-0.05, 0) is 43.2 Å².